The highest BCUT2D eigenvalue weighted by Crippen LogP contribution is 2.46. The van der Waals surface area contributed by atoms with E-state index in [1.165, 1.54) is 48.4 Å². The maximum absolute atomic E-state index is 5.20. The van der Waals surface area contributed by atoms with Crippen LogP contribution in [0, 0.1) is 0 Å². The van der Waals surface area contributed by atoms with Crippen molar-refractivity contribution in [3.05, 3.63) is 158 Å². The number of thiazole rings is 1. The minimum Gasteiger partial charge on any atom is -0.308 e. The van der Waals surface area contributed by atoms with Gasteiger partial charge in [0.15, 0.2) is 5.82 Å². The lowest BCUT2D eigenvalue weighted by Crippen LogP contribution is -1.95. The minimum atomic E-state index is 0.730. The molecule has 0 bridgehead atoms. The molecule has 0 spiro atoms. The Morgan fingerprint density at radius 3 is 1.96 bits per heavy atom. The van der Waals surface area contributed by atoms with E-state index in [0.717, 1.165) is 55.2 Å². The van der Waals surface area contributed by atoms with Gasteiger partial charge in [0.1, 0.15) is 5.01 Å². The summed E-state index contributed by atoms with van der Waals surface area (Å²) in [5.41, 5.74) is 12.1. The normalized spacial score (nSPS) is 12.0. The fraction of sp³-hybridized carbons (Fsp3) is 0. The summed E-state index contributed by atoms with van der Waals surface area (Å²) in [6.45, 7) is 0. The lowest BCUT2D eigenvalue weighted by molar-refractivity contribution is 1.23. The van der Waals surface area contributed by atoms with Crippen LogP contribution in [0.5, 0.6) is 0 Å². The molecule has 232 valence electrons. The average molecular weight is 655 g/mol. The largest absolute Gasteiger partial charge is 0.308 e. The maximum atomic E-state index is 5.20. The van der Waals surface area contributed by atoms with E-state index in [2.05, 4.69) is 138 Å². The van der Waals surface area contributed by atoms with E-state index in [4.69, 9.17) is 15.0 Å². The predicted octanol–water partition coefficient (Wildman–Crippen LogP) is 12.1. The first-order valence-corrected chi connectivity index (χ1v) is 17.6. The molecule has 0 fully saturated rings. The van der Waals surface area contributed by atoms with Gasteiger partial charge < -0.3 is 4.40 Å². The van der Waals surface area contributed by atoms with Crippen LogP contribution in [0.3, 0.4) is 0 Å². The fourth-order valence-electron chi connectivity index (χ4n) is 7.68. The Morgan fingerprint density at radius 1 is 0.420 bits per heavy atom. The highest BCUT2D eigenvalue weighted by Gasteiger charge is 2.22. The van der Waals surface area contributed by atoms with E-state index in [9.17, 15) is 0 Å². The van der Waals surface area contributed by atoms with Crippen molar-refractivity contribution in [2.24, 2.45) is 0 Å². The van der Waals surface area contributed by atoms with Gasteiger partial charge in [0.05, 0.1) is 38.0 Å². The summed E-state index contributed by atoms with van der Waals surface area (Å²) in [7, 11) is 0. The number of fused-ring (bicyclic) bond motifs is 9. The molecule has 0 atom stereocenters. The van der Waals surface area contributed by atoms with E-state index in [0.29, 0.717) is 0 Å². The van der Waals surface area contributed by atoms with E-state index in [-0.39, 0.29) is 0 Å². The zero-order valence-electron chi connectivity index (χ0n) is 26.7. The zero-order valence-corrected chi connectivity index (χ0v) is 27.5. The molecule has 0 radical (unpaired) electrons. The summed E-state index contributed by atoms with van der Waals surface area (Å²) in [6, 6.07) is 55.8. The summed E-state index contributed by atoms with van der Waals surface area (Å²) in [5, 5.41) is 7.11. The van der Waals surface area contributed by atoms with E-state index in [1.54, 1.807) is 11.3 Å². The number of hydrogen-bond acceptors (Lipinski definition) is 4. The van der Waals surface area contributed by atoms with Crippen LogP contribution >= 0.6 is 11.3 Å². The lowest BCUT2D eigenvalue weighted by atomic mass is 9.98. The van der Waals surface area contributed by atoms with Gasteiger partial charge in [-0.25, -0.2) is 15.0 Å². The second-order valence-electron chi connectivity index (χ2n) is 12.8. The van der Waals surface area contributed by atoms with Crippen LogP contribution in [-0.4, -0.2) is 19.4 Å². The van der Waals surface area contributed by atoms with Crippen molar-refractivity contribution in [1.29, 1.82) is 0 Å². The zero-order chi connectivity index (χ0) is 32.8. The van der Waals surface area contributed by atoms with Crippen molar-refractivity contribution in [3.63, 3.8) is 0 Å². The number of nitrogens with zero attached hydrogens (tertiary/aromatic N) is 4. The maximum Gasteiger partial charge on any atom is 0.160 e. The highest BCUT2D eigenvalue weighted by molar-refractivity contribution is 7.22. The smallest absolute Gasteiger partial charge is 0.160 e. The van der Waals surface area contributed by atoms with Gasteiger partial charge in [-0.05, 0) is 47.5 Å². The Hall–Kier alpha value is -6.43. The van der Waals surface area contributed by atoms with Crippen molar-refractivity contribution in [2.75, 3.05) is 0 Å². The summed E-state index contributed by atoms with van der Waals surface area (Å²) >= 11 is 1.79. The molecule has 5 heteroatoms. The molecule has 0 saturated heterocycles. The molecule has 4 nitrogen and oxygen atoms in total. The summed E-state index contributed by atoms with van der Waals surface area (Å²) in [6.07, 6.45) is 0. The molecule has 4 aromatic heterocycles. The first kappa shape index (κ1) is 27.5. The molecule has 0 N–H and O–H groups in total. The molecule has 0 unspecified atom stereocenters. The first-order valence-electron chi connectivity index (χ1n) is 16.8. The van der Waals surface area contributed by atoms with Gasteiger partial charge >= 0.3 is 0 Å². The van der Waals surface area contributed by atoms with Crippen LogP contribution in [0.15, 0.2) is 158 Å². The number of rotatable bonds is 4. The van der Waals surface area contributed by atoms with Crippen LogP contribution in [0.25, 0.3) is 104 Å². The first-order chi connectivity index (χ1) is 24.8. The number of hydrogen-bond donors (Lipinski definition) is 0. The van der Waals surface area contributed by atoms with Crippen LogP contribution < -0.4 is 0 Å². The molecule has 11 rings (SSSR count). The van der Waals surface area contributed by atoms with E-state index < -0.39 is 0 Å². The summed E-state index contributed by atoms with van der Waals surface area (Å²) in [4.78, 5) is 15.3. The van der Waals surface area contributed by atoms with Gasteiger partial charge in [-0.3, -0.25) is 0 Å². The van der Waals surface area contributed by atoms with Crippen LogP contribution in [0.4, 0.5) is 0 Å². The van der Waals surface area contributed by atoms with Gasteiger partial charge in [-0.15, -0.1) is 11.3 Å². The van der Waals surface area contributed by atoms with Crippen LogP contribution in [-0.2, 0) is 0 Å². The second kappa shape index (κ2) is 10.5. The van der Waals surface area contributed by atoms with Crippen molar-refractivity contribution in [1.82, 2.24) is 19.4 Å². The topological polar surface area (TPSA) is 43.1 Å². The average Bonchev–Trinajstić information content (AvgIpc) is 3.87. The minimum absolute atomic E-state index is 0.730. The summed E-state index contributed by atoms with van der Waals surface area (Å²) in [5.74, 6) is 0.730. The van der Waals surface area contributed by atoms with E-state index in [1.807, 2.05) is 24.3 Å². The Kier molecular flexibility index (Phi) is 5.80. The van der Waals surface area contributed by atoms with Gasteiger partial charge in [0.25, 0.3) is 0 Å². The molecule has 11 aromatic rings. The molecule has 7 aromatic carbocycles. The Labute approximate surface area is 290 Å². The molecule has 0 saturated carbocycles. The Bertz CT molecular complexity index is 3090. The van der Waals surface area contributed by atoms with Crippen molar-refractivity contribution in [2.45, 2.75) is 0 Å². The standard InChI is InChI=1S/C45H26N4S/c1-3-12-27(13-4-1)44-46-36-20-9-7-19-33(36)41(48-44)31-17-11-16-29(24-31)30-22-23-39-35(25-30)40-42-34(32-18-8-10-21-38(32)49(39)42)26-37-43(40)50-45(47-37)28-14-5-2-6-15-28/h1-26H. The third-order valence-corrected chi connectivity index (χ3v) is 11.1. The van der Waals surface area contributed by atoms with Crippen molar-refractivity contribution in [3.8, 4) is 44.3 Å². The third kappa shape index (κ3) is 4.01. The van der Waals surface area contributed by atoms with Gasteiger partial charge in [-0.2, -0.15) is 0 Å². The van der Waals surface area contributed by atoms with Crippen molar-refractivity contribution >= 4 is 70.6 Å². The molecule has 50 heavy (non-hydrogen) atoms. The van der Waals surface area contributed by atoms with Crippen LogP contribution in [0.2, 0.25) is 0 Å². The quantitative estimate of drug-likeness (QED) is 0.190. The molecular weight excluding hydrogens is 629 g/mol. The summed E-state index contributed by atoms with van der Waals surface area (Å²) < 4.78 is 3.68. The Balaban J connectivity index is 1.15. The van der Waals surface area contributed by atoms with Gasteiger partial charge in [0.2, 0.25) is 0 Å². The molecule has 0 aliphatic heterocycles. The molecule has 4 heterocycles. The highest BCUT2D eigenvalue weighted by atomic mass is 32.1. The molecule has 0 aliphatic rings. The van der Waals surface area contributed by atoms with Crippen molar-refractivity contribution < 1.29 is 0 Å². The van der Waals surface area contributed by atoms with Gasteiger partial charge in [-0.1, -0.05) is 121 Å². The molecule has 0 amide bonds. The predicted molar refractivity (Wildman–Crippen MR) is 209 cm³/mol. The SMILES string of the molecule is c1ccc(-c2nc(-c3cccc(-c4ccc5c(c4)c4c6sc(-c7ccccc7)nc6cc6c7ccccc7n5c64)c3)c3ccccc3n2)cc1. The molecule has 0 aliphatic carbocycles. The van der Waals surface area contributed by atoms with E-state index >= 15 is 0 Å². The number of benzene rings is 7. The second-order valence-corrected chi connectivity index (χ2v) is 13.8. The van der Waals surface area contributed by atoms with Gasteiger partial charge in [0, 0.05) is 43.6 Å². The number of para-hydroxylation sites is 2. The fourth-order valence-corrected chi connectivity index (χ4v) is 8.79. The van der Waals surface area contributed by atoms with Crippen LogP contribution in [0.1, 0.15) is 0 Å². The monoisotopic (exact) mass is 654 g/mol. The Morgan fingerprint density at radius 2 is 1.10 bits per heavy atom. The third-order valence-electron chi connectivity index (χ3n) is 9.94. The number of aromatic nitrogens is 4. The molecular formula is C45H26N4S. The lowest BCUT2D eigenvalue weighted by Gasteiger charge is -2.11.